The number of benzene rings is 2. The molecule has 4 N–H and O–H groups in total. The molecular formula is C36H62N3O5S+. The van der Waals surface area contributed by atoms with Gasteiger partial charge in [-0.25, -0.2) is 18.4 Å². The summed E-state index contributed by atoms with van der Waals surface area (Å²) in [6, 6.07) is 10.9. The van der Waals surface area contributed by atoms with Gasteiger partial charge in [0.25, 0.3) is 0 Å². The van der Waals surface area contributed by atoms with E-state index in [1.165, 1.54) is 103 Å². The zero-order valence-electron chi connectivity index (χ0n) is 28.8. The maximum atomic E-state index is 12.0. The number of aromatic carboxylic acids is 1. The van der Waals surface area contributed by atoms with E-state index >= 15 is 0 Å². The van der Waals surface area contributed by atoms with Crippen LogP contribution in [0, 0.1) is 0 Å². The predicted molar refractivity (Wildman–Crippen MR) is 188 cm³/mol. The minimum absolute atomic E-state index is 0.0187. The molecule has 9 heteroatoms. The largest absolute Gasteiger partial charge is 0.478 e. The number of ether oxygens (including phenoxy) is 1. The van der Waals surface area contributed by atoms with Crippen molar-refractivity contribution in [3.63, 3.8) is 0 Å². The monoisotopic (exact) mass is 648 g/mol. The van der Waals surface area contributed by atoms with Crippen LogP contribution in [0.5, 0.6) is 11.5 Å². The fourth-order valence-electron chi connectivity index (χ4n) is 4.96. The van der Waals surface area contributed by atoms with Crippen molar-refractivity contribution in [3.05, 3.63) is 48.0 Å². The third-order valence-corrected chi connectivity index (χ3v) is 8.52. The Morgan fingerprint density at radius 2 is 1.27 bits per heavy atom. The Morgan fingerprint density at radius 3 is 1.71 bits per heavy atom. The normalized spacial score (nSPS) is 11.5. The second-order valence-electron chi connectivity index (χ2n) is 13.0. The molecule has 0 fully saturated rings. The Labute approximate surface area is 274 Å². The summed E-state index contributed by atoms with van der Waals surface area (Å²) in [6.45, 7) is 6.17. The molecule has 0 unspecified atom stereocenters. The van der Waals surface area contributed by atoms with Gasteiger partial charge in [-0.2, -0.15) is 0 Å². The summed E-state index contributed by atoms with van der Waals surface area (Å²) in [4.78, 5) is 10.9. The lowest BCUT2D eigenvalue weighted by Gasteiger charge is -2.23. The van der Waals surface area contributed by atoms with Gasteiger partial charge in [0, 0.05) is 6.54 Å². The summed E-state index contributed by atoms with van der Waals surface area (Å²) < 4.78 is 30.8. The number of primary sulfonamides is 1. The van der Waals surface area contributed by atoms with Gasteiger partial charge in [0.05, 0.1) is 38.9 Å². The van der Waals surface area contributed by atoms with Crippen molar-refractivity contribution >= 4 is 21.7 Å². The van der Waals surface area contributed by atoms with Crippen molar-refractivity contribution < 1.29 is 27.5 Å². The topological polar surface area (TPSA) is 119 Å². The molecule has 0 aliphatic rings. The maximum absolute atomic E-state index is 12.0. The van der Waals surface area contributed by atoms with Crippen LogP contribution in [-0.2, 0) is 10.0 Å². The molecule has 0 saturated heterocycles. The summed E-state index contributed by atoms with van der Waals surface area (Å²) in [5, 5.41) is 17.6. The molecule has 2 rings (SSSR count). The SMILES string of the molecule is CCCCCCCCCCCCCCCC[N+](C)(C)C.CCCCNc1cc(C(=O)O)cc(S(N)(=O)=O)c1Oc1ccccc1. The Balaban J connectivity index is 0.000000463. The fourth-order valence-corrected chi connectivity index (χ4v) is 5.66. The highest BCUT2D eigenvalue weighted by Crippen LogP contribution is 2.37. The Bertz CT molecular complexity index is 1180. The number of hydrogen-bond acceptors (Lipinski definition) is 5. The Morgan fingerprint density at radius 1 is 0.778 bits per heavy atom. The second kappa shape index (κ2) is 22.8. The molecule has 0 aliphatic heterocycles. The minimum atomic E-state index is -4.19. The summed E-state index contributed by atoms with van der Waals surface area (Å²) in [6.07, 6.45) is 22.1. The molecule has 0 atom stereocenters. The first-order valence-corrected chi connectivity index (χ1v) is 18.6. The van der Waals surface area contributed by atoms with Gasteiger partial charge in [-0.15, -0.1) is 0 Å². The lowest BCUT2D eigenvalue weighted by Crippen LogP contribution is -2.35. The minimum Gasteiger partial charge on any atom is -0.478 e. The van der Waals surface area contributed by atoms with Crippen LogP contribution in [0.2, 0.25) is 0 Å². The molecule has 0 saturated carbocycles. The molecule has 256 valence electrons. The van der Waals surface area contributed by atoms with Crippen LogP contribution in [0.25, 0.3) is 0 Å². The molecule has 0 aliphatic carbocycles. The smallest absolute Gasteiger partial charge is 0.335 e. The molecule has 0 bridgehead atoms. The quantitative estimate of drug-likeness (QED) is 0.0817. The number of hydrogen-bond donors (Lipinski definition) is 3. The first-order chi connectivity index (χ1) is 21.4. The van der Waals surface area contributed by atoms with Gasteiger partial charge in [-0.3, -0.25) is 0 Å². The van der Waals surface area contributed by atoms with Gasteiger partial charge >= 0.3 is 5.97 Å². The van der Waals surface area contributed by atoms with Crippen molar-refractivity contribution in [3.8, 4) is 11.5 Å². The molecule has 2 aromatic rings. The van der Waals surface area contributed by atoms with Gasteiger partial charge in [0.2, 0.25) is 10.0 Å². The van der Waals surface area contributed by atoms with Gasteiger partial charge < -0.3 is 19.6 Å². The molecule has 0 aromatic heterocycles. The maximum Gasteiger partial charge on any atom is 0.335 e. The number of carboxylic acid groups (broad SMARTS) is 1. The average molecular weight is 649 g/mol. The number of nitrogens with two attached hydrogens (primary N) is 1. The Kier molecular flexibility index (Phi) is 20.5. The van der Waals surface area contributed by atoms with Gasteiger partial charge in [-0.05, 0) is 43.5 Å². The van der Waals surface area contributed by atoms with Gasteiger partial charge in [0.1, 0.15) is 10.6 Å². The molecule has 2 aromatic carbocycles. The van der Waals surface area contributed by atoms with E-state index in [0.29, 0.717) is 12.3 Å². The van der Waals surface area contributed by atoms with E-state index in [0.717, 1.165) is 23.4 Å². The van der Waals surface area contributed by atoms with Crippen molar-refractivity contribution in [2.45, 2.75) is 121 Å². The predicted octanol–water partition coefficient (Wildman–Crippen LogP) is 9.21. The number of unbranched alkanes of at least 4 members (excludes halogenated alkanes) is 14. The first kappa shape index (κ1) is 40.4. The van der Waals surface area contributed by atoms with Crippen LogP contribution in [-0.4, -0.2) is 58.2 Å². The highest BCUT2D eigenvalue weighted by molar-refractivity contribution is 7.89. The number of para-hydroxylation sites is 1. The highest BCUT2D eigenvalue weighted by atomic mass is 32.2. The first-order valence-electron chi connectivity index (χ1n) is 17.1. The zero-order chi connectivity index (χ0) is 33.6. The van der Waals surface area contributed by atoms with Crippen LogP contribution < -0.4 is 15.2 Å². The van der Waals surface area contributed by atoms with E-state index in [2.05, 4.69) is 33.4 Å². The average Bonchev–Trinajstić information content (AvgIpc) is 2.97. The van der Waals surface area contributed by atoms with Crippen LogP contribution in [0.4, 0.5) is 5.69 Å². The molecular weight excluding hydrogens is 586 g/mol. The molecule has 8 nitrogen and oxygen atoms in total. The molecule has 45 heavy (non-hydrogen) atoms. The van der Waals surface area contributed by atoms with Crippen LogP contribution in [0.15, 0.2) is 47.4 Å². The van der Waals surface area contributed by atoms with Gasteiger partial charge in [-0.1, -0.05) is 116 Å². The van der Waals surface area contributed by atoms with Gasteiger partial charge in [0.15, 0.2) is 5.75 Å². The standard InChI is InChI=1S/C19H42N.C17H20N2O5S/c1-5-6-7-8-9-10-11-12-13-14-15-16-17-18-19-20(2,3)4;1-2-3-9-19-14-10-12(17(20)21)11-15(25(18,22)23)16(14)24-13-7-5-4-6-8-13/h5-19H2,1-4H3;4-8,10-11,19H,2-3,9H2,1H3,(H,20,21)(H2,18,22,23)/q+1;. The lowest BCUT2D eigenvalue weighted by molar-refractivity contribution is -0.870. The summed E-state index contributed by atoms with van der Waals surface area (Å²) in [5.41, 5.74) is 0.0738. The number of quaternary nitrogens is 1. The zero-order valence-corrected chi connectivity index (χ0v) is 29.6. The number of rotatable bonds is 23. The number of nitrogens with zero attached hydrogens (tertiary/aromatic N) is 1. The second-order valence-corrected chi connectivity index (χ2v) is 14.5. The molecule has 0 heterocycles. The Hall–Kier alpha value is -2.62. The summed E-state index contributed by atoms with van der Waals surface area (Å²) >= 11 is 0. The van der Waals surface area contributed by atoms with Crippen molar-refractivity contribution in [1.29, 1.82) is 0 Å². The summed E-state index contributed by atoms with van der Waals surface area (Å²) in [5.74, 6) is -0.862. The summed E-state index contributed by atoms with van der Waals surface area (Å²) in [7, 11) is 2.69. The number of carboxylic acids is 1. The third-order valence-electron chi connectivity index (χ3n) is 7.60. The number of sulfonamides is 1. The van der Waals surface area contributed by atoms with E-state index in [1.54, 1.807) is 30.3 Å². The van der Waals surface area contributed by atoms with E-state index < -0.39 is 16.0 Å². The van der Waals surface area contributed by atoms with Crippen LogP contribution in [0.3, 0.4) is 0 Å². The fraction of sp³-hybridized carbons (Fsp3) is 0.639. The molecule has 0 radical (unpaired) electrons. The van der Waals surface area contributed by atoms with Crippen LogP contribution in [0.1, 0.15) is 127 Å². The number of anilines is 1. The number of nitrogens with one attached hydrogen (secondary N) is 1. The molecule has 0 spiro atoms. The molecule has 0 amide bonds. The third kappa shape index (κ3) is 19.5. The number of carbonyl (C=O) groups is 1. The van der Waals surface area contributed by atoms with Crippen molar-refractivity contribution in [1.82, 2.24) is 0 Å². The van der Waals surface area contributed by atoms with E-state index in [4.69, 9.17) is 9.88 Å². The lowest BCUT2D eigenvalue weighted by atomic mass is 10.0. The highest BCUT2D eigenvalue weighted by Gasteiger charge is 2.23. The van der Waals surface area contributed by atoms with Crippen LogP contribution >= 0.6 is 0 Å². The van der Waals surface area contributed by atoms with E-state index in [1.807, 2.05) is 6.92 Å². The van der Waals surface area contributed by atoms with Crippen molar-refractivity contribution in [2.75, 3.05) is 39.5 Å². The van der Waals surface area contributed by atoms with E-state index in [9.17, 15) is 18.3 Å². The van der Waals surface area contributed by atoms with E-state index in [-0.39, 0.29) is 21.9 Å². The van der Waals surface area contributed by atoms with Crippen molar-refractivity contribution in [2.24, 2.45) is 5.14 Å².